The number of hydrogen-bond acceptors (Lipinski definition) is 3. The molecule has 0 spiro atoms. The summed E-state index contributed by atoms with van der Waals surface area (Å²) in [6.07, 6.45) is 5.29. The maximum Gasteiger partial charge on any atom is 0.241 e. The van der Waals surface area contributed by atoms with E-state index in [-0.39, 0.29) is 0 Å². The number of amides is 1. The fourth-order valence-electron chi connectivity index (χ4n) is 0.846. The normalized spacial score (nSPS) is 10.5. The zero-order chi connectivity index (χ0) is 9.68. The Balaban J connectivity index is 2.83. The molecule has 0 aliphatic heterocycles. The highest BCUT2D eigenvalue weighted by Crippen LogP contribution is 1.98. The Hall–Kier alpha value is -1.71. The molecule has 1 aromatic rings. The third kappa shape index (κ3) is 3.02. The molecule has 2 N–H and O–H groups in total. The van der Waals surface area contributed by atoms with Crippen molar-refractivity contribution in [2.45, 2.75) is 13.3 Å². The van der Waals surface area contributed by atoms with Crippen LogP contribution in [0.5, 0.6) is 0 Å². The van der Waals surface area contributed by atoms with E-state index >= 15 is 0 Å². The van der Waals surface area contributed by atoms with Gasteiger partial charge >= 0.3 is 0 Å². The van der Waals surface area contributed by atoms with E-state index in [1.54, 1.807) is 18.3 Å². The van der Waals surface area contributed by atoms with Crippen LogP contribution in [0.3, 0.4) is 0 Å². The van der Waals surface area contributed by atoms with Crippen LogP contribution in [-0.4, -0.2) is 15.9 Å². The Kier molecular flexibility index (Phi) is 3.14. The Morgan fingerprint density at radius 2 is 2.46 bits per heavy atom. The summed E-state index contributed by atoms with van der Waals surface area (Å²) in [5.41, 5.74) is 5.64. The van der Waals surface area contributed by atoms with E-state index in [1.807, 2.05) is 6.92 Å². The molecule has 1 heterocycles. The summed E-state index contributed by atoms with van der Waals surface area (Å²) in [5, 5.41) is 0. The molecule has 0 fully saturated rings. The predicted molar refractivity (Wildman–Crippen MR) is 49.6 cm³/mol. The summed E-state index contributed by atoms with van der Waals surface area (Å²) < 4.78 is 0. The number of nitrogens with zero attached hydrogens (tertiary/aromatic N) is 2. The van der Waals surface area contributed by atoms with Crippen molar-refractivity contribution in [3.63, 3.8) is 0 Å². The van der Waals surface area contributed by atoms with Gasteiger partial charge in [-0.3, -0.25) is 4.79 Å². The van der Waals surface area contributed by atoms with E-state index in [0.717, 1.165) is 12.2 Å². The largest absolute Gasteiger partial charge is 0.366 e. The van der Waals surface area contributed by atoms with Crippen molar-refractivity contribution < 1.29 is 4.79 Å². The number of rotatable bonds is 3. The van der Waals surface area contributed by atoms with Gasteiger partial charge in [0, 0.05) is 18.7 Å². The molecule has 68 valence electrons. The number of aryl methyl sites for hydroxylation is 1. The Morgan fingerprint density at radius 3 is 3.08 bits per heavy atom. The first-order valence-corrected chi connectivity index (χ1v) is 4.02. The van der Waals surface area contributed by atoms with Crippen LogP contribution in [0.25, 0.3) is 6.08 Å². The molecule has 0 aliphatic rings. The molecular weight excluding hydrogens is 166 g/mol. The number of carbonyl (C=O) groups excluding carboxylic acids is 1. The second kappa shape index (κ2) is 4.35. The molecule has 13 heavy (non-hydrogen) atoms. The molecule has 1 rings (SSSR count). The van der Waals surface area contributed by atoms with Crippen LogP contribution in [0.1, 0.15) is 18.4 Å². The Bertz CT molecular complexity index is 333. The van der Waals surface area contributed by atoms with Crippen LogP contribution < -0.4 is 5.73 Å². The van der Waals surface area contributed by atoms with Crippen LogP contribution in [-0.2, 0) is 11.2 Å². The van der Waals surface area contributed by atoms with Gasteiger partial charge in [-0.25, -0.2) is 9.97 Å². The van der Waals surface area contributed by atoms with Crippen molar-refractivity contribution in [1.82, 2.24) is 9.97 Å². The highest BCUT2D eigenvalue weighted by Gasteiger charge is 1.93. The minimum absolute atomic E-state index is 0.475. The van der Waals surface area contributed by atoms with E-state index in [2.05, 4.69) is 9.97 Å². The van der Waals surface area contributed by atoms with Crippen molar-refractivity contribution in [2.75, 3.05) is 0 Å². The molecule has 1 amide bonds. The second-order valence-electron chi connectivity index (χ2n) is 2.49. The van der Waals surface area contributed by atoms with Gasteiger partial charge < -0.3 is 5.73 Å². The standard InChI is InChI=1S/C9H11N3O/c1-2-9-11-6-5-7(12-9)3-4-8(10)13/h3-6H,2H2,1H3,(H2,10,13)/b4-3+. The van der Waals surface area contributed by atoms with Crippen LogP contribution in [0.2, 0.25) is 0 Å². The zero-order valence-electron chi connectivity index (χ0n) is 7.40. The van der Waals surface area contributed by atoms with E-state index in [4.69, 9.17) is 5.73 Å². The molecule has 0 saturated heterocycles. The molecule has 0 atom stereocenters. The van der Waals surface area contributed by atoms with Gasteiger partial charge in [-0.2, -0.15) is 0 Å². The molecule has 0 saturated carbocycles. The Morgan fingerprint density at radius 1 is 1.69 bits per heavy atom. The van der Waals surface area contributed by atoms with Gasteiger partial charge in [0.25, 0.3) is 0 Å². The summed E-state index contributed by atoms with van der Waals surface area (Å²) in [6.45, 7) is 1.97. The van der Waals surface area contributed by atoms with E-state index in [9.17, 15) is 4.79 Å². The highest BCUT2D eigenvalue weighted by molar-refractivity contribution is 5.89. The molecule has 0 aliphatic carbocycles. The van der Waals surface area contributed by atoms with Gasteiger partial charge in [0.05, 0.1) is 5.69 Å². The highest BCUT2D eigenvalue weighted by atomic mass is 16.1. The fourth-order valence-corrected chi connectivity index (χ4v) is 0.846. The van der Waals surface area contributed by atoms with Crippen LogP contribution in [0.15, 0.2) is 18.3 Å². The van der Waals surface area contributed by atoms with Crippen LogP contribution in [0, 0.1) is 0 Å². The number of primary amides is 1. The smallest absolute Gasteiger partial charge is 0.241 e. The van der Waals surface area contributed by atoms with Crippen molar-refractivity contribution in [3.8, 4) is 0 Å². The molecule has 0 radical (unpaired) electrons. The molecular formula is C9H11N3O. The maximum absolute atomic E-state index is 10.4. The first-order chi connectivity index (χ1) is 6.22. The third-order valence-corrected chi connectivity index (χ3v) is 1.46. The van der Waals surface area contributed by atoms with Crippen molar-refractivity contribution in [1.29, 1.82) is 0 Å². The predicted octanol–water partition coefficient (Wildman–Crippen LogP) is 0.537. The van der Waals surface area contributed by atoms with Gasteiger partial charge in [0.1, 0.15) is 5.82 Å². The summed E-state index contributed by atoms with van der Waals surface area (Å²) in [7, 11) is 0. The fraction of sp³-hybridized carbons (Fsp3) is 0.222. The molecule has 4 heteroatoms. The minimum atomic E-state index is -0.475. The van der Waals surface area contributed by atoms with Crippen LogP contribution in [0.4, 0.5) is 0 Å². The zero-order valence-corrected chi connectivity index (χ0v) is 7.40. The quantitative estimate of drug-likeness (QED) is 0.685. The number of aromatic nitrogens is 2. The lowest BCUT2D eigenvalue weighted by Gasteiger charge is -1.95. The summed E-state index contributed by atoms with van der Waals surface area (Å²) in [4.78, 5) is 18.6. The lowest BCUT2D eigenvalue weighted by molar-refractivity contribution is -0.113. The van der Waals surface area contributed by atoms with E-state index in [1.165, 1.54) is 6.08 Å². The number of hydrogen-bond donors (Lipinski definition) is 1. The van der Waals surface area contributed by atoms with E-state index in [0.29, 0.717) is 5.69 Å². The van der Waals surface area contributed by atoms with Gasteiger partial charge in [-0.05, 0) is 12.1 Å². The van der Waals surface area contributed by atoms with Crippen molar-refractivity contribution in [2.24, 2.45) is 5.73 Å². The summed E-state index contributed by atoms with van der Waals surface area (Å²) >= 11 is 0. The number of carbonyl (C=O) groups is 1. The topological polar surface area (TPSA) is 68.9 Å². The SMILES string of the molecule is CCc1nccc(/C=C/C(N)=O)n1. The summed E-state index contributed by atoms with van der Waals surface area (Å²) in [5.74, 6) is 0.281. The first-order valence-electron chi connectivity index (χ1n) is 4.02. The van der Waals surface area contributed by atoms with Gasteiger partial charge in [0.2, 0.25) is 5.91 Å². The Labute approximate surface area is 76.5 Å². The molecule has 1 aromatic heterocycles. The molecule has 0 unspecified atom stereocenters. The van der Waals surface area contributed by atoms with Crippen molar-refractivity contribution in [3.05, 3.63) is 29.9 Å². The minimum Gasteiger partial charge on any atom is -0.366 e. The van der Waals surface area contributed by atoms with Gasteiger partial charge in [0.15, 0.2) is 0 Å². The molecule has 4 nitrogen and oxygen atoms in total. The lowest BCUT2D eigenvalue weighted by Crippen LogP contribution is -2.05. The van der Waals surface area contributed by atoms with Gasteiger partial charge in [-0.1, -0.05) is 6.92 Å². The second-order valence-corrected chi connectivity index (χ2v) is 2.49. The lowest BCUT2D eigenvalue weighted by atomic mass is 10.3. The van der Waals surface area contributed by atoms with Crippen molar-refractivity contribution >= 4 is 12.0 Å². The number of nitrogens with two attached hydrogens (primary N) is 1. The van der Waals surface area contributed by atoms with Gasteiger partial charge in [-0.15, -0.1) is 0 Å². The molecule has 0 aromatic carbocycles. The van der Waals surface area contributed by atoms with E-state index < -0.39 is 5.91 Å². The third-order valence-electron chi connectivity index (χ3n) is 1.46. The average Bonchev–Trinajstić information content (AvgIpc) is 2.15. The average molecular weight is 177 g/mol. The van der Waals surface area contributed by atoms with Crippen LogP contribution >= 0.6 is 0 Å². The monoisotopic (exact) mass is 177 g/mol. The molecule has 0 bridgehead atoms. The maximum atomic E-state index is 10.4. The summed E-state index contributed by atoms with van der Waals surface area (Å²) in [6, 6.07) is 1.72. The first kappa shape index (κ1) is 9.38.